The van der Waals surface area contributed by atoms with Gasteiger partial charge in [-0.2, -0.15) is 4.99 Å². The fourth-order valence-electron chi connectivity index (χ4n) is 0.960. The van der Waals surface area contributed by atoms with Gasteiger partial charge in [-0.05, 0) is 0 Å². The highest BCUT2D eigenvalue weighted by molar-refractivity contribution is 6.84. The maximum atomic E-state index is 11.0. The van der Waals surface area contributed by atoms with Gasteiger partial charge in [0.1, 0.15) is 0 Å². The van der Waals surface area contributed by atoms with Crippen LogP contribution in [0, 0.1) is 0 Å². The molecule has 86 valence electrons. The summed E-state index contributed by atoms with van der Waals surface area (Å²) in [6, 6.07) is -2.05. The van der Waals surface area contributed by atoms with Crippen molar-refractivity contribution in [3.05, 3.63) is 0 Å². The second-order valence-corrected chi connectivity index (χ2v) is 2.38. The van der Waals surface area contributed by atoms with E-state index < -0.39 is 35.3 Å². The molecular formula is C8H9N4O4-. The number of carbonyl (C=O) groups is 3. The van der Waals surface area contributed by atoms with Gasteiger partial charge in [-0.15, -0.1) is 0 Å². The van der Waals surface area contributed by atoms with Crippen molar-refractivity contribution in [1.82, 2.24) is 5.32 Å². The molecular weight excluding hydrogens is 216 g/mol. The lowest BCUT2D eigenvalue weighted by atomic mass is 10.1. The van der Waals surface area contributed by atoms with Crippen LogP contribution in [-0.2, 0) is 9.59 Å². The van der Waals surface area contributed by atoms with Crippen molar-refractivity contribution in [2.45, 2.75) is 14.9 Å². The zero-order valence-electron chi connectivity index (χ0n) is 6.47. The van der Waals surface area contributed by atoms with E-state index in [0.29, 0.717) is 0 Å². The van der Waals surface area contributed by atoms with Gasteiger partial charge in [-0.25, -0.2) is 14.8 Å². The lowest BCUT2D eigenvalue weighted by Gasteiger charge is -2.16. The maximum absolute atomic E-state index is 11.0. The van der Waals surface area contributed by atoms with Crippen LogP contribution < -0.4 is 10.4 Å². The van der Waals surface area contributed by atoms with E-state index in [1.54, 1.807) is 5.32 Å². The Balaban J connectivity index is 0.00000112. The van der Waals surface area contributed by atoms with E-state index >= 15 is 0 Å². The molecule has 16 heavy (non-hydrogen) atoms. The number of hydrogen-bond acceptors (Lipinski definition) is 5. The Morgan fingerprint density at radius 1 is 0.938 bits per heavy atom. The summed E-state index contributed by atoms with van der Waals surface area (Å²) in [6.45, 7) is 0. The lowest BCUT2D eigenvalue weighted by Crippen LogP contribution is -2.48. The molecule has 0 saturated carbocycles. The SMILES string of the molecule is C.C.O=C1N=C2C(=O)N=C([O-])N=C2C(=O)N1. The van der Waals surface area contributed by atoms with Crippen molar-refractivity contribution in [3.63, 3.8) is 0 Å². The molecule has 8 heteroatoms. The van der Waals surface area contributed by atoms with Crippen LogP contribution in [0.1, 0.15) is 14.9 Å². The predicted molar refractivity (Wildman–Crippen MR) is 54.3 cm³/mol. The van der Waals surface area contributed by atoms with Crippen LogP contribution in [0.2, 0.25) is 0 Å². The van der Waals surface area contributed by atoms with E-state index in [4.69, 9.17) is 0 Å². The number of nitrogens with one attached hydrogen (secondary N) is 1. The molecule has 0 unspecified atom stereocenters. The molecule has 2 heterocycles. The lowest BCUT2D eigenvalue weighted by molar-refractivity contribution is -0.217. The molecule has 0 aromatic rings. The molecule has 4 amide bonds. The minimum Gasteiger partial charge on any atom is -0.844 e. The number of nitrogens with zero attached hydrogens (tertiary/aromatic N) is 3. The first-order valence-corrected chi connectivity index (χ1v) is 3.41. The van der Waals surface area contributed by atoms with Gasteiger partial charge in [0.2, 0.25) is 0 Å². The number of amidine groups is 1. The number of aliphatic imine (C=N–C) groups is 3. The van der Waals surface area contributed by atoms with Crippen LogP contribution in [-0.4, -0.2) is 35.3 Å². The quantitative estimate of drug-likeness (QED) is 0.547. The molecule has 0 bridgehead atoms. The summed E-state index contributed by atoms with van der Waals surface area (Å²) in [4.78, 5) is 42.0. The minimum atomic E-state index is -1.08. The predicted octanol–water partition coefficient (Wildman–Crippen LogP) is -1.35. The van der Waals surface area contributed by atoms with Gasteiger partial charge in [0.25, 0.3) is 11.8 Å². The first-order valence-electron chi connectivity index (χ1n) is 3.41. The summed E-state index contributed by atoms with van der Waals surface area (Å²) in [5.41, 5.74) is -0.951. The van der Waals surface area contributed by atoms with Crippen molar-refractivity contribution in [1.29, 1.82) is 0 Å². The molecule has 1 N–H and O–H groups in total. The number of fused-ring (bicyclic) bond motifs is 1. The van der Waals surface area contributed by atoms with Crippen molar-refractivity contribution in [3.8, 4) is 0 Å². The summed E-state index contributed by atoms with van der Waals surface area (Å²) in [6.07, 6.45) is 0. The van der Waals surface area contributed by atoms with Crippen molar-refractivity contribution in [2.24, 2.45) is 15.0 Å². The van der Waals surface area contributed by atoms with Gasteiger partial charge in [0.15, 0.2) is 11.4 Å². The summed E-state index contributed by atoms with van der Waals surface area (Å²) in [7, 11) is 0. The molecule has 0 radical (unpaired) electrons. The van der Waals surface area contributed by atoms with Crippen LogP contribution in [0.15, 0.2) is 15.0 Å². The summed E-state index contributed by atoms with van der Waals surface area (Å²) < 4.78 is 0. The third-order valence-electron chi connectivity index (χ3n) is 1.48. The maximum Gasteiger partial charge on any atom is 0.348 e. The van der Waals surface area contributed by atoms with E-state index in [2.05, 4.69) is 15.0 Å². The standard InChI is InChI=1S/C6H2N4O4.2CH4/c11-3-1-2(8-6(14)9-3)4(12)10-5(13)7-1;;/h(H,9,11,14)(H,10,12,13);2*1H4/p-1. The number of amides is 4. The summed E-state index contributed by atoms with van der Waals surface area (Å²) in [5.74, 6) is -1.94. The monoisotopic (exact) mass is 225 g/mol. The summed E-state index contributed by atoms with van der Waals surface area (Å²) in [5, 5.41) is 12.4. The molecule has 2 aliphatic heterocycles. The van der Waals surface area contributed by atoms with E-state index in [9.17, 15) is 19.5 Å². The van der Waals surface area contributed by atoms with Gasteiger partial charge in [-0.3, -0.25) is 14.9 Å². The Hall–Kier alpha value is -2.38. The Kier molecular flexibility index (Phi) is 3.77. The molecule has 0 atom stereocenters. The van der Waals surface area contributed by atoms with Gasteiger partial charge >= 0.3 is 6.03 Å². The molecule has 0 aromatic heterocycles. The fourth-order valence-corrected chi connectivity index (χ4v) is 0.960. The number of imide groups is 1. The Morgan fingerprint density at radius 3 is 2.19 bits per heavy atom. The highest BCUT2D eigenvalue weighted by Gasteiger charge is 2.32. The van der Waals surface area contributed by atoms with Crippen molar-refractivity contribution >= 4 is 35.3 Å². The van der Waals surface area contributed by atoms with Crippen LogP contribution in [0.25, 0.3) is 0 Å². The third kappa shape index (κ3) is 2.00. The van der Waals surface area contributed by atoms with Gasteiger partial charge in [0, 0.05) is 0 Å². The van der Waals surface area contributed by atoms with Crippen LogP contribution in [0.3, 0.4) is 0 Å². The zero-order valence-corrected chi connectivity index (χ0v) is 6.47. The molecule has 0 spiro atoms. The van der Waals surface area contributed by atoms with E-state index in [1.165, 1.54) is 0 Å². The normalized spacial score (nSPS) is 18.0. The van der Waals surface area contributed by atoms with Crippen LogP contribution >= 0.6 is 0 Å². The van der Waals surface area contributed by atoms with E-state index in [-0.39, 0.29) is 14.9 Å². The molecule has 2 rings (SSSR count). The number of urea groups is 1. The first-order chi connectivity index (χ1) is 6.58. The number of hydrogen-bond donors (Lipinski definition) is 1. The fraction of sp³-hybridized carbons (Fsp3) is 0.250. The average molecular weight is 225 g/mol. The average Bonchev–Trinajstić information content (AvgIpc) is 2.07. The Labute approximate surface area is 90.8 Å². The molecule has 8 nitrogen and oxygen atoms in total. The largest absolute Gasteiger partial charge is 0.844 e. The molecule has 0 aliphatic carbocycles. The minimum absolute atomic E-state index is 0. The second-order valence-electron chi connectivity index (χ2n) is 2.38. The highest BCUT2D eigenvalue weighted by atomic mass is 16.3. The van der Waals surface area contributed by atoms with Crippen LogP contribution in [0.5, 0.6) is 0 Å². The van der Waals surface area contributed by atoms with Crippen molar-refractivity contribution < 1.29 is 19.5 Å². The second kappa shape index (κ2) is 4.43. The van der Waals surface area contributed by atoms with Gasteiger partial charge in [0.05, 0.1) is 6.02 Å². The summed E-state index contributed by atoms with van der Waals surface area (Å²) >= 11 is 0. The van der Waals surface area contributed by atoms with Gasteiger partial charge in [-0.1, -0.05) is 14.9 Å². The number of rotatable bonds is 0. The Bertz CT molecular complexity index is 461. The molecule has 0 saturated heterocycles. The smallest absolute Gasteiger partial charge is 0.348 e. The van der Waals surface area contributed by atoms with E-state index in [0.717, 1.165) is 0 Å². The topological polar surface area (TPSA) is 123 Å². The molecule has 0 aromatic carbocycles. The third-order valence-corrected chi connectivity index (χ3v) is 1.48. The Morgan fingerprint density at radius 2 is 1.56 bits per heavy atom. The van der Waals surface area contributed by atoms with Crippen molar-refractivity contribution in [2.75, 3.05) is 0 Å². The van der Waals surface area contributed by atoms with E-state index in [1.807, 2.05) is 0 Å². The molecule has 2 aliphatic rings. The van der Waals surface area contributed by atoms with Gasteiger partial charge < -0.3 is 5.11 Å². The zero-order chi connectivity index (χ0) is 10.3. The van der Waals surface area contributed by atoms with Crippen LogP contribution in [0.4, 0.5) is 4.79 Å². The number of carbonyl (C=O) groups excluding carboxylic acids is 3. The molecule has 0 fully saturated rings. The highest BCUT2D eigenvalue weighted by Crippen LogP contribution is 2.02. The first kappa shape index (κ1) is 13.6.